The van der Waals surface area contributed by atoms with Crippen molar-refractivity contribution in [1.29, 1.82) is 0 Å². The molecule has 2 rings (SSSR count). The zero-order valence-electron chi connectivity index (χ0n) is 10.7. The molecule has 0 aliphatic rings. The van der Waals surface area contributed by atoms with Gasteiger partial charge in [0.15, 0.2) is 5.82 Å². The average molecular weight is 286 g/mol. The van der Waals surface area contributed by atoms with E-state index >= 15 is 0 Å². The molecule has 2 aromatic rings. The lowest BCUT2D eigenvalue weighted by molar-refractivity contribution is -0.137. The second-order valence-corrected chi connectivity index (χ2v) is 4.21. The van der Waals surface area contributed by atoms with Crippen molar-refractivity contribution in [1.82, 2.24) is 10.1 Å². The van der Waals surface area contributed by atoms with Crippen LogP contribution in [0.25, 0.3) is 0 Å². The lowest BCUT2D eigenvalue weighted by Crippen LogP contribution is -2.10. The first-order valence-corrected chi connectivity index (χ1v) is 5.86. The lowest BCUT2D eigenvalue weighted by atomic mass is 10.1. The van der Waals surface area contributed by atoms with Crippen LogP contribution in [0, 0.1) is 6.92 Å². The highest BCUT2D eigenvalue weighted by atomic mass is 19.4. The van der Waals surface area contributed by atoms with Crippen LogP contribution in [0.3, 0.4) is 0 Å². The topological polar surface area (TPSA) is 77.0 Å². The fourth-order valence-electron chi connectivity index (χ4n) is 1.65. The van der Waals surface area contributed by atoms with Crippen LogP contribution >= 0.6 is 0 Å². The maximum atomic E-state index is 12.5. The van der Waals surface area contributed by atoms with E-state index in [1.807, 2.05) is 0 Å². The average Bonchev–Trinajstić information content (AvgIpc) is 2.76. The van der Waals surface area contributed by atoms with Crippen LogP contribution in [0.15, 0.2) is 22.7 Å². The molecule has 0 aliphatic carbocycles. The van der Waals surface area contributed by atoms with Gasteiger partial charge in [-0.3, -0.25) is 0 Å². The number of aromatic nitrogens is 2. The monoisotopic (exact) mass is 286 g/mol. The molecule has 0 aliphatic heterocycles. The summed E-state index contributed by atoms with van der Waals surface area (Å²) in [5.41, 5.74) is 5.31. The van der Waals surface area contributed by atoms with Crippen LogP contribution in [-0.2, 0) is 12.6 Å². The molecule has 0 spiro atoms. The fourth-order valence-corrected chi connectivity index (χ4v) is 1.65. The number of rotatable bonds is 4. The van der Waals surface area contributed by atoms with Gasteiger partial charge in [0, 0.05) is 19.9 Å². The zero-order valence-corrected chi connectivity index (χ0v) is 10.7. The molecule has 1 aromatic carbocycles. The summed E-state index contributed by atoms with van der Waals surface area (Å²) in [7, 11) is 0. The summed E-state index contributed by atoms with van der Waals surface area (Å²) in [6, 6.07) is 3.19. The Morgan fingerprint density at radius 3 is 2.65 bits per heavy atom. The Kier molecular flexibility index (Phi) is 3.82. The van der Waals surface area contributed by atoms with Crippen molar-refractivity contribution in [3.8, 4) is 0 Å². The second-order valence-electron chi connectivity index (χ2n) is 4.21. The molecule has 0 saturated carbocycles. The largest absolute Gasteiger partial charge is 0.416 e. The number of anilines is 2. The highest BCUT2D eigenvalue weighted by Crippen LogP contribution is 2.32. The summed E-state index contributed by atoms with van der Waals surface area (Å²) in [5.74, 6) is 0.995. The molecule has 5 nitrogen and oxygen atoms in total. The summed E-state index contributed by atoms with van der Waals surface area (Å²) in [5, 5.41) is 6.64. The Labute approximate surface area is 113 Å². The molecule has 20 heavy (non-hydrogen) atoms. The van der Waals surface area contributed by atoms with Gasteiger partial charge in [-0.05, 0) is 18.2 Å². The minimum atomic E-state index is -4.39. The van der Waals surface area contributed by atoms with Crippen molar-refractivity contribution in [2.45, 2.75) is 19.5 Å². The van der Waals surface area contributed by atoms with Gasteiger partial charge in [-0.2, -0.15) is 18.2 Å². The van der Waals surface area contributed by atoms with Gasteiger partial charge < -0.3 is 15.6 Å². The highest BCUT2D eigenvalue weighted by molar-refractivity contribution is 5.67. The van der Waals surface area contributed by atoms with E-state index in [0.29, 0.717) is 30.4 Å². The number of nitrogens with zero attached hydrogens (tertiary/aromatic N) is 2. The van der Waals surface area contributed by atoms with E-state index in [9.17, 15) is 13.2 Å². The molecule has 0 saturated heterocycles. The van der Waals surface area contributed by atoms with Gasteiger partial charge in [0.25, 0.3) is 0 Å². The summed E-state index contributed by atoms with van der Waals surface area (Å²) in [4.78, 5) is 4.01. The van der Waals surface area contributed by atoms with E-state index in [4.69, 9.17) is 10.3 Å². The standard InChI is InChI=1S/C12H13F3N4O/c1-7-18-11(19-20-7)4-5-17-10-3-2-8(6-9(10)16)12(13,14)15/h2-3,6,17H,4-5,16H2,1H3. The number of nitrogens with two attached hydrogens (primary N) is 1. The molecule has 0 radical (unpaired) electrons. The van der Waals surface area contributed by atoms with E-state index in [1.165, 1.54) is 6.07 Å². The minimum absolute atomic E-state index is 0.0455. The Morgan fingerprint density at radius 2 is 2.10 bits per heavy atom. The molecule has 0 unspecified atom stereocenters. The van der Waals surface area contributed by atoms with Crippen molar-refractivity contribution >= 4 is 11.4 Å². The number of nitrogen functional groups attached to an aromatic ring is 1. The van der Waals surface area contributed by atoms with E-state index in [0.717, 1.165) is 12.1 Å². The number of hydrogen-bond donors (Lipinski definition) is 2. The summed E-state index contributed by atoms with van der Waals surface area (Å²) >= 11 is 0. The van der Waals surface area contributed by atoms with E-state index < -0.39 is 11.7 Å². The summed E-state index contributed by atoms with van der Waals surface area (Å²) in [6.45, 7) is 2.12. The van der Waals surface area contributed by atoms with E-state index in [1.54, 1.807) is 6.92 Å². The fraction of sp³-hybridized carbons (Fsp3) is 0.333. The smallest absolute Gasteiger partial charge is 0.397 e. The van der Waals surface area contributed by atoms with Crippen LogP contribution in [0.2, 0.25) is 0 Å². The van der Waals surface area contributed by atoms with Gasteiger partial charge in [0.05, 0.1) is 16.9 Å². The first-order valence-electron chi connectivity index (χ1n) is 5.86. The van der Waals surface area contributed by atoms with Gasteiger partial charge in [0.2, 0.25) is 5.89 Å². The minimum Gasteiger partial charge on any atom is -0.397 e. The van der Waals surface area contributed by atoms with Crippen molar-refractivity contribution in [2.24, 2.45) is 0 Å². The third-order valence-corrected chi connectivity index (χ3v) is 2.61. The first-order chi connectivity index (χ1) is 9.36. The summed E-state index contributed by atoms with van der Waals surface area (Å²) < 4.78 is 42.2. The van der Waals surface area contributed by atoms with E-state index in [2.05, 4.69) is 15.5 Å². The van der Waals surface area contributed by atoms with Gasteiger partial charge >= 0.3 is 6.18 Å². The van der Waals surface area contributed by atoms with Gasteiger partial charge in [-0.1, -0.05) is 5.16 Å². The zero-order chi connectivity index (χ0) is 14.8. The molecule has 0 atom stereocenters. The quantitative estimate of drug-likeness (QED) is 0.845. The second kappa shape index (κ2) is 5.40. The lowest BCUT2D eigenvalue weighted by Gasteiger charge is -2.12. The number of halogens is 3. The first kappa shape index (κ1) is 14.2. The third kappa shape index (κ3) is 3.40. The molecule has 1 aromatic heterocycles. The van der Waals surface area contributed by atoms with Gasteiger partial charge in [-0.15, -0.1) is 0 Å². The van der Waals surface area contributed by atoms with Gasteiger partial charge in [0.1, 0.15) is 0 Å². The van der Waals surface area contributed by atoms with Crippen LogP contribution in [-0.4, -0.2) is 16.7 Å². The predicted octanol–water partition coefficient (Wildman–Crippen LogP) is 2.63. The molecular formula is C12H13F3N4O. The summed E-state index contributed by atoms with van der Waals surface area (Å²) in [6.07, 6.45) is -3.91. The van der Waals surface area contributed by atoms with Crippen LogP contribution in [0.1, 0.15) is 17.3 Å². The maximum Gasteiger partial charge on any atom is 0.416 e. The highest BCUT2D eigenvalue weighted by Gasteiger charge is 2.30. The SMILES string of the molecule is Cc1nc(CCNc2ccc(C(F)(F)F)cc2N)no1. The molecular weight excluding hydrogens is 273 g/mol. The number of nitrogens with one attached hydrogen (secondary N) is 1. The van der Waals surface area contributed by atoms with Crippen LogP contribution in [0.4, 0.5) is 24.5 Å². The normalized spacial score (nSPS) is 11.6. The van der Waals surface area contributed by atoms with E-state index in [-0.39, 0.29) is 5.69 Å². The van der Waals surface area contributed by atoms with Crippen molar-refractivity contribution < 1.29 is 17.7 Å². The number of hydrogen-bond acceptors (Lipinski definition) is 5. The molecule has 0 bridgehead atoms. The predicted molar refractivity (Wildman–Crippen MR) is 67.1 cm³/mol. The Hall–Kier alpha value is -2.25. The molecule has 1 heterocycles. The van der Waals surface area contributed by atoms with Crippen molar-refractivity contribution in [3.63, 3.8) is 0 Å². The Bertz CT molecular complexity index is 595. The maximum absolute atomic E-state index is 12.5. The molecule has 0 amide bonds. The van der Waals surface area contributed by atoms with Gasteiger partial charge in [-0.25, -0.2) is 0 Å². The Balaban J connectivity index is 1.96. The number of alkyl halides is 3. The molecule has 108 valence electrons. The van der Waals surface area contributed by atoms with Crippen molar-refractivity contribution in [2.75, 3.05) is 17.6 Å². The number of benzene rings is 1. The molecule has 0 fully saturated rings. The Morgan fingerprint density at radius 1 is 1.35 bits per heavy atom. The van der Waals surface area contributed by atoms with Crippen molar-refractivity contribution in [3.05, 3.63) is 35.5 Å². The molecule has 3 N–H and O–H groups in total. The van der Waals surface area contributed by atoms with Crippen LogP contribution in [0.5, 0.6) is 0 Å². The molecule has 8 heteroatoms. The third-order valence-electron chi connectivity index (χ3n) is 2.61. The number of aryl methyl sites for hydroxylation is 1. The van der Waals surface area contributed by atoms with Crippen LogP contribution < -0.4 is 11.1 Å².